The van der Waals surface area contributed by atoms with Crippen LogP contribution in [0.15, 0.2) is 83.8 Å². The number of sulfonamides is 1. The van der Waals surface area contributed by atoms with E-state index in [-0.39, 0.29) is 11.4 Å². The smallest absolute Gasteiger partial charge is 0.259 e. The van der Waals surface area contributed by atoms with Crippen molar-refractivity contribution < 1.29 is 8.42 Å². The van der Waals surface area contributed by atoms with E-state index >= 15 is 0 Å². The van der Waals surface area contributed by atoms with Gasteiger partial charge in [-0.15, -0.1) is 10.2 Å². The summed E-state index contributed by atoms with van der Waals surface area (Å²) in [5.41, 5.74) is 1.90. The maximum atomic E-state index is 13.6. The number of rotatable bonds is 5. The van der Waals surface area contributed by atoms with Gasteiger partial charge in [-0.3, -0.25) is 4.31 Å². The van der Waals surface area contributed by atoms with E-state index in [0.717, 1.165) is 16.5 Å². The first-order chi connectivity index (χ1) is 15.4. The molecule has 9 heteroatoms. The molecule has 0 radical (unpaired) electrons. The zero-order chi connectivity index (χ0) is 22.3. The third-order valence-electron chi connectivity index (χ3n) is 5.24. The average Bonchev–Trinajstić information content (AvgIpc) is 3.21. The molecule has 0 aliphatic rings. The quantitative estimate of drug-likeness (QED) is 0.379. The number of aromatic nitrogens is 4. The molecule has 0 N–H and O–H groups in total. The zero-order valence-corrected chi connectivity index (χ0v) is 18.6. The van der Waals surface area contributed by atoms with Crippen LogP contribution in [0.5, 0.6) is 0 Å². The van der Waals surface area contributed by atoms with Crippen LogP contribution in [0.1, 0.15) is 11.5 Å². The summed E-state index contributed by atoms with van der Waals surface area (Å²) in [5.74, 6) is 0.412. The average molecular weight is 464 g/mol. The van der Waals surface area contributed by atoms with Gasteiger partial charge in [-0.1, -0.05) is 54.1 Å². The molecule has 0 aliphatic carbocycles. The lowest BCUT2D eigenvalue weighted by Gasteiger charge is -2.23. The van der Waals surface area contributed by atoms with Gasteiger partial charge in [0.25, 0.3) is 10.0 Å². The Bertz CT molecular complexity index is 1530. The number of anilines is 1. The van der Waals surface area contributed by atoms with Gasteiger partial charge in [0.2, 0.25) is 0 Å². The monoisotopic (exact) mass is 463 g/mol. The van der Waals surface area contributed by atoms with Gasteiger partial charge in [-0.2, -0.15) is 9.61 Å². The summed E-state index contributed by atoms with van der Waals surface area (Å²) in [6, 6.07) is 22.8. The molecular formula is C23H18ClN5O2S. The molecule has 2 aromatic heterocycles. The predicted molar refractivity (Wildman–Crippen MR) is 124 cm³/mol. The third kappa shape index (κ3) is 3.47. The second-order valence-electron chi connectivity index (χ2n) is 7.28. The summed E-state index contributed by atoms with van der Waals surface area (Å²) in [5, 5.41) is 15.6. The Morgan fingerprint density at radius 3 is 2.25 bits per heavy atom. The lowest BCUT2D eigenvalue weighted by molar-refractivity contribution is 0.588. The summed E-state index contributed by atoms with van der Waals surface area (Å²) in [6.07, 6.45) is 0. The Morgan fingerprint density at radius 1 is 0.875 bits per heavy atom. The van der Waals surface area contributed by atoms with Gasteiger partial charge in [0.15, 0.2) is 11.5 Å². The molecule has 0 bridgehead atoms. The largest absolute Gasteiger partial charge is 0.264 e. The molecule has 0 amide bonds. The fraction of sp³-hybridized carbons (Fsp3) is 0.0870. The van der Waals surface area contributed by atoms with E-state index in [1.54, 1.807) is 40.9 Å². The number of benzene rings is 3. The van der Waals surface area contributed by atoms with Crippen molar-refractivity contribution in [2.24, 2.45) is 0 Å². The van der Waals surface area contributed by atoms with Crippen molar-refractivity contribution in [1.82, 2.24) is 19.8 Å². The number of nitrogens with zero attached hydrogens (tertiary/aromatic N) is 5. The third-order valence-corrected chi connectivity index (χ3v) is 7.28. The second kappa shape index (κ2) is 7.89. The first kappa shape index (κ1) is 20.4. The second-order valence-corrected chi connectivity index (χ2v) is 9.58. The molecule has 160 valence electrons. The number of aryl methyl sites for hydroxylation is 1. The van der Waals surface area contributed by atoms with Crippen LogP contribution in [0.4, 0.5) is 5.69 Å². The molecule has 0 aliphatic heterocycles. The Labute approximate surface area is 189 Å². The summed E-state index contributed by atoms with van der Waals surface area (Å²) >= 11 is 5.96. The van der Waals surface area contributed by atoms with Gasteiger partial charge < -0.3 is 0 Å². The first-order valence-electron chi connectivity index (χ1n) is 9.88. The minimum atomic E-state index is -3.90. The van der Waals surface area contributed by atoms with Gasteiger partial charge in [-0.05, 0) is 43.3 Å². The van der Waals surface area contributed by atoms with Crippen molar-refractivity contribution in [3.8, 4) is 0 Å². The van der Waals surface area contributed by atoms with E-state index in [9.17, 15) is 8.42 Å². The lowest BCUT2D eigenvalue weighted by atomic mass is 10.1. The van der Waals surface area contributed by atoms with Gasteiger partial charge in [0, 0.05) is 15.8 Å². The number of fused-ring (bicyclic) bond motifs is 3. The van der Waals surface area contributed by atoms with Crippen molar-refractivity contribution in [3.05, 3.63) is 95.4 Å². The van der Waals surface area contributed by atoms with Crippen molar-refractivity contribution >= 4 is 43.7 Å². The van der Waals surface area contributed by atoms with E-state index < -0.39 is 10.0 Å². The molecule has 3 aromatic carbocycles. The highest BCUT2D eigenvalue weighted by Crippen LogP contribution is 2.27. The fourth-order valence-electron chi connectivity index (χ4n) is 3.65. The molecule has 0 saturated heterocycles. The first-order valence-corrected chi connectivity index (χ1v) is 11.7. The van der Waals surface area contributed by atoms with Gasteiger partial charge >= 0.3 is 0 Å². The number of hydrogen-bond donors (Lipinski definition) is 0. The minimum Gasteiger partial charge on any atom is -0.259 e. The van der Waals surface area contributed by atoms with Crippen LogP contribution >= 0.6 is 11.6 Å². The Balaban J connectivity index is 1.66. The fourth-order valence-corrected chi connectivity index (χ4v) is 5.20. The molecule has 2 heterocycles. The normalized spacial score (nSPS) is 11.8. The standard InChI is InChI=1S/C23H18ClN5O2S/c1-16-20-9-5-6-10-21(20)23-26-25-22(29(23)27-16)15-28(18-7-3-2-4-8-18)32(30,31)19-13-11-17(24)12-14-19/h2-14H,15H2,1H3. The summed E-state index contributed by atoms with van der Waals surface area (Å²) in [4.78, 5) is 0.133. The van der Waals surface area contributed by atoms with Crippen LogP contribution in [0.2, 0.25) is 5.02 Å². The molecule has 0 saturated carbocycles. The van der Waals surface area contributed by atoms with E-state index in [1.807, 2.05) is 37.3 Å². The Kier molecular flexibility index (Phi) is 5.03. The summed E-state index contributed by atoms with van der Waals surface area (Å²) < 4.78 is 30.1. The highest BCUT2D eigenvalue weighted by atomic mass is 35.5. The lowest BCUT2D eigenvalue weighted by Crippen LogP contribution is -2.31. The molecule has 5 rings (SSSR count). The Morgan fingerprint density at radius 2 is 1.53 bits per heavy atom. The minimum absolute atomic E-state index is 0.0408. The van der Waals surface area contributed by atoms with Crippen LogP contribution in [-0.4, -0.2) is 28.2 Å². The van der Waals surface area contributed by atoms with E-state index in [1.165, 1.54) is 16.4 Å². The van der Waals surface area contributed by atoms with Gasteiger partial charge in [-0.25, -0.2) is 8.42 Å². The highest BCUT2D eigenvalue weighted by Gasteiger charge is 2.27. The summed E-state index contributed by atoms with van der Waals surface area (Å²) in [6.45, 7) is 1.87. The van der Waals surface area contributed by atoms with E-state index in [0.29, 0.717) is 22.2 Å². The molecule has 5 aromatic rings. The van der Waals surface area contributed by atoms with Crippen molar-refractivity contribution in [2.45, 2.75) is 18.4 Å². The molecule has 0 unspecified atom stereocenters. The molecule has 0 atom stereocenters. The van der Waals surface area contributed by atoms with Crippen molar-refractivity contribution in [1.29, 1.82) is 0 Å². The van der Waals surface area contributed by atoms with Crippen molar-refractivity contribution in [2.75, 3.05) is 4.31 Å². The molecule has 32 heavy (non-hydrogen) atoms. The van der Waals surface area contributed by atoms with Crippen LogP contribution in [0.25, 0.3) is 16.4 Å². The SMILES string of the molecule is Cc1nn2c(CN(c3ccccc3)S(=O)(=O)c3ccc(Cl)cc3)nnc2c2ccccc12. The zero-order valence-electron chi connectivity index (χ0n) is 17.1. The van der Waals surface area contributed by atoms with Crippen molar-refractivity contribution in [3.63, 3.8) is 0 Å². The van der Waals surface area contributed by atoms with Crippen LogP contribution < -0.4 is 4.31 Å². The Hall–Kier alpha value is -3.49. The number of halogens is 1. The summed E-state index contributed by atoms with van der Waals surface area (Å²) in [7, 11) is -3.90. The van der Waals surface area contributed by atoms with E-state index in [2.05, 4.69) is 15.3 Å². The topological polar surface area (TPSA) is 80.5 Å². The van der Waals surface area contributed by atoms with E-state index in [4.69, 9.17) is 11.6 Å². The van der Waals surface area contributed by atoms with Crippen LogP contribution in [0.3, 0.4) is 0 Å². The van der Waals surface area contributed by atoms with Crippen LogP contribution in [0, 0.1) is 6.92 Å². The van der Waals surface area contributed by atoms with Crippen LogP contribution in [-0.2, 0) is 16.6 Å². The van der Waals surface area contributed by atoms with Gasteiger partial charge in [0.05, 0.1) is 22.8 Å². The maximum absolute atomic E-state index is 13.6. The highest BCUT2D eigenvalue weighted by molar-refractivity contribution is 7.92. The van der Waals surface area contributed by atoms with Gasteiger partial charge in [0.1, 0.15) is 0 Å². The molecule has 7 nitrogen and oxygen atoms in total. The molecule has 0 fully saturated rings. The maximum Gasteiger partial charge on any atom is 0.264 e. The predicted octanol–water partition coefficient (Wildman–Crippen LogP) is 4.63. The number of hydrogen-bond acceptors (Lipinski definition) is 5. The number of para-hydroxylation sites is 1. The molecular weight excluding hydrogens is 446 g/mol. The molecule has 0 spiro atoms.